The highest BCUT2D eigenvalue weighted by molar-refractivity contribution is 6.04. The zero-order chi connectivity index (χ0) is 18.1. The lowest BCUT2D eigenvalue weighted by Crippen LogP contribution is -2.04. The number of benzene rings is 2. The maximum atomic E-state index is 12.1. The number of ether oxygens (including phenoxy) is 2. The van der Waals surface area contributed by atoms with Crippen LogP contribution < -0.4 is 10.1 Å². The Morgan fingerprint density at radius 3 is 2.44 bits per heavy atom. The average molecular weight is 339 g/mol. The summed E-state index contributed by atoms with van der Waals surface area (Å²) in [5, 5.41) is 2.98. The fourth-order valence-electron chi connectivity index (χ4n) is 2.14. The number of ketones is 1. The first-order valence-corrected chi connectivity index (χ1v) is 8.11. The molecule has 0 saturated carbocycles. The molecule has 0 heterocycles. The molecule has 2 aromatic carbocycles. The first-order valence-electron chi connectivity index (χ1n) is 8.11. The van der Waals surface area contributed by atoms with E-state index in [1.165, 1.54) is 6.08 Å². The second kappa shape index (κ2) is 9.27. The van der Waals surface area contributed by atoms with E-state index in [0.717, 1.165) is 5.75 Å². The van der Waals surface area contributed by atoms with E-state index < -0.39 is 0 Å². The highest BCUT2D eigenvalue weighted by atomic mass is 16.5. The van der Waals surface area contributed by atoms with Crippen molar-refractivity contribution < 1.29 is 19.1 Å². The van der Waals surface area contributed by atoms with Crippen molar-refractivity contribution in [2.24, 2.45) is 0 Å². The molecule has 130 valence electrons. The number of esters is 1. The van der Waals surface area contributed by atoms with Crippen molar-refractivity contribution in [1.29, 1.82) is 0 Å². The highest BCUT2D eigenvalue weighted by Gasteiger charge is 2.06. The van der Waals surface area contributed by atoms with Crippen LogP contribution in [0.1, 0.15) is 34.6 Å². The number of nitrogens with one attached hydrogen (secondary N) is 1. The van der Waals surface area contributed by atoms with Crippen LogP contribution in [-0.2, 0) is 4.74 Å². The maximum absolute atomic E-state index is 12.1. The monoisotopic (exact) mass is 339 g/mol. The smallest absolute Gasteiger partial charge is 0.338 e. The molecular weight excluding hydrogens is 318 g/mol. The van der Waals surface area contributed by atoms with Crippen LogP contribution >= 0.6 is 0 Å². The number of carbonyl (C=O) groups excluding carboxylic acids is 2. The van der Waals surface area contributed by atoms with Crippen LogP contribution in [0.4, 0.5) is 5.69 Å². The second-order valence-electron chi connectivity index (χ2n) is 5.10. The van der Waals surface area contributed by atoms with Crippen LogP contribution in [-0.4, -0.2) is 25.0 Å². The number of hydrogen-bond donors (Lipinski definition) is 1. The molecule has 0 aliphatic carbocycles. The van der Waals surface area contributed by atoms with Crippen molar-refractivity contribution in [2.75, 3.05) is 18.5 Å². The predicted octanol–water partition coefficient (Wildman–Crippen LogP) is 4.07. The molecule has 25 heavy (non-hydrogen) atoms. The Hall–Kier alpha value is -3.08. The summed E-state index contributed by atoms with van der Waals surface area (Å²) in [5.74, 6) is 0.231. The minimum Gasteiger partial charge on any atom is -0.494 e. The summed E-state index contributed by atoms with van der Waals surface area (Å²) in [6, 6.07) is 13.9. The summed E-state index contributed by atoms with van der Waals surface area (Å²) in [6.45, 7) is 4.58. The number of rotatable bonds is 8. The van der Waals surface area contributed by atoms with E-state index in [1.54, 1.807) is 61.7 Å². The molecule has 1 N–H and O–H groups in total. The van der Waals surface area contributed by atoms with Gasteiger partial charge in [0.1, 0.15) is 5.75 Å². The Kier molecular flexibility index (Phi) is 6.77. The van der Waals surface area contributed by atoms with E-state index in [0.29, 0.717) is 30.0 Å². The van der Waals surface area contributed by atoms with Gasteiger partial charge in [-0.3, -0.25) is 4.79 Å². The molecule has 0 amide bonds. The van der Waals surface area contributed by atoms with Crippen molar-refractivity contribution in [3.8, 4) is 5.75 Å². The third kappa shape index (κ3) is 5.49. The van der Waals surface area contributed by atoms with Gasteiger partial charge in [0.2, 0.25) is 0 Å². The standard InChI is InChI=1S/C20H21NO4/c1-3-24-18-10-8-15(9-11-18)19(22)12-13-21-17-7-5-6-16(14-17)20(23)25-4-2/h5-14,21H,3-4H2,1-2H3/b13-12+. The fraction of sp³-hybridized carbons (Fsp3) is 0.200. The number of hydrogen-bond acceptors (Lipinski definition) is 5. The Bertz CT molecular complexity index is 751. The molecule has 2 rings (SSSR count). The van der Waals surface area contributed by atoms with E-state index in [9.17, 15) is 9.59 Å². The molecule has 0 radical (unpaired) electrons. The molecule has 0 fully saturated rings. The van der Waals surface area contributed by atoms with Crippen LogP contribution in [0.15, 0.2) is 60.8 Å². The van der Waals surface area contributed by atoms with Gasteiger partial charge in [0.15, 0.2) is 5.78 Å². The van der Waals surface area contributed by atoms with Gasteiger partial charge < -0.3 is 14.8 Å². The molecule has 0 aromatic heterocycles. The Balaban J connectivity index is 1.97. The van der Waals surface area contributed by atoms with E-state index in [2.05, 4.69) is 5.32 Å². The molecule has 5 nitrogen and oxygen atoms in total. The third-order valence-electron chi connectivity index (χ3n) is 3.31. The molecule has 0 saturated heterocycles. The van der Waals surface area contributed by atoms with Gasteiger partial charge >= 0.3 is 5.97 Å². The second-order valence-corrected chi connectivity index (χ2v) is 5.10. The largest absolute Gasteiger partial charge is 0.494 e. The first-order chi connectivity index (χ1) is 12.1. The van der Waals surface area contributed by atoms with Gasteiger partial charge in [0, 0.05) is 23.5 Å². The van der Waals surface area contributed by atoms with E-state index in [1.807, 2.05) is 6.92 Å². The predicted molar refractivity (Wildman–Crippen MR) is 97.1 cm³/mol. The molecule has 5 heteroatoms. The summed E-state index contributed by atoms with van der Waals surface area (Å²) in [6.07, 6.45) is 2.98. The Morgan fingerprint density at radius 2 is 1.76 bits per heavy atom. The van der Waals surface area contributed by atoms with Gasteiger partial charge in [-0.1, -0.05) is 6.07 Å². The van der Waals surface area contributed by atoms with Gasteiger partial charge in [-0.05, 0) is 56.3 Å². The molecular formula is C20H21NO4. The highest BCUT2D eigenvalue weighted by Crippen LogP contribution is 2.14. The Labute approximate surface area is 147 Å². The lowest BCUT2D eigenvalue weighted by molar-refractivity contribution is 0.0526. The number of allylic oxidation sites excluding steroid dienone is 1. The Morgan fingerprint density at radius 1 is 1.00 bits per heavy atom. The van der Waals surface area contributed by atoms with Crippen molar-refractivity contribution in [3.63, 3.8) is 0 Å². The first kappa shape index (κ1) is 18.3. The van der Waals surface area contributed by atoms with Gasteiger partial charge in [-0.2, -0.15) is 0 Å². The molecule has 0 aliphatic rings. The minimum absolute atomic E-state index is 0.128. The lowest BCUT2D eigenvalue weighted by Gasteiger charge is -2.05. The van der Waals surface area contributed by atoms with Crippen molar-refractivity contribution >= 4 is 17.4 Å². The normalized spacial score (nSPS) is 10.5. The van der Waals surface area contributed by atoms with Gasteiger partial charge in [-0.25, -0.2) is 4.79 Å². The molecule has 2 aromatic rings. The lowest BCUT2D eigenvalue weighted by atomic mass is 10.1. The van der Waals surface area contributed by atoms with Crippen LogP contribution in [0.2, 0.25) is 0 Å². The van der Waals surface area contributed by atoms with Gasteiger partial charge in [0.25, 0.3) is 0 Å². The molecule has 0 spiro atoms. The minimum atomic E-state index is -0.374. The average Bonchev–Trinajstić information content (AvgIpc) is 2.63. The van der Waals surface area contributed by atoms with Crippen molar-refractivity contribution in [1.82, 2.24) is 0 Å². The van der Waals surface area contributed by atoms with Crippen molar-refractivity contribution in [2.45, 2.75) is 13.8 Å². The summed E-state index contributed by atoms with van der Waals surface area (Å²) in [5.41, 5.74) is 1.72. The van der Waals surface area contributed by atoms with Crippen LogP contribution in [0.25, 0.3) is 0 Å². The van der Waals surface area contributed by atoms with E-state index >= 15 is 0 Å². The number of anilines is 1. The maximum Gasteiger partial charge on any atom is 0.338 e. The molecule has 0 unspecified atom stereocenters. The van der Waals surface area contributed by atoms with Crippen LogP contribution in [0.3, 0.4) is 0 Å². The zero-order valence-corrected chi connectivity index (χ0v) is 14.3. The van der Waals surface area contributed by atoms with E-state index in [4.69, 9.17) is 9.47 Å². The number of carbonyl (C=O) groups is 2. The summed E-state index contributed by atoms with van der Waals surface area (Å²) in [4.78, 5) is 23.8. The fourth-order valence-corrected chi connectivity index (χ4v) is 2.14. The molecule has 0 bridgehead atoms. The summed E-state index contributed by atoms with van der Waals surface area (Å²) < 4.78 is 10.3. The topological polar surface area (TPSA) is 64.6 Å². The zero-order valence-electron chi connectivity index (χ0n) is 14.3. The third-order valence-corrected chi connectivity index (χ3v) is 3.31. The summed E-state index contributed by atoms with van der Waals surface area (Å²) in [7, 11) is 0. The summed E-state index contributed by atoms with van der Waals surface area (Å²) >= 11 is 0. The van der Waals surface area contributed by atoms with Gasteiger partial charge in [-0.15, -0.1) is 0 Å². The SMILES string of the molecule is CCOC(=O)c1cccc(N/C=C/C(=O)c2ccc(OCC)cc2)c1. The molecule has 0 aliphatic heterocycles. The van der Waals surface area contributed by atoms with Gasteiger partial charge in [0.05, 0.1) is 18.8 Å². The van der Waals surface area contributed by atoms with Crippen molar-refractivity contribution in [3.05, 3.63) is 71.9 Å². The van der Waals surface area contributed by atoms with E-state index in [-0.39, 0.29) is 11.8 Å². The quantitative estimate of drug-likeness (QED) is 0.446. The van der Waals surface area contributed by atoms with Crippen LogP contribution in [0.5, 0.6) is 5.75 Å². The molecule has 0 atom stereocenters. The van der Waals surface area contributed by atoms with Crippen LogP contribution in [0, 0.1) is 0 Å².